The fourth-order valence-corrected chi connectivity index (χ4v) is 3.13. The van der Waals surface area contributed by atoms with Crippen molar-refractivity contribution in [3.8, 4) is 10.6 Å². The lowest BCUT2D eigenvalue weighted by atomic mass is 10.2. The lowest BCUT2D eigenvalue weighted by Gasteiger charge is -2.06. The van der Waals surface area contributed by atoms with E-state index in [1.165, 1.54) is 9.56 Å². The van der Waals surface area contributed by atoms with E-state index in [9.17, 15) is 4.79 Å². The number of aromatic nitrogens is 2. The Morgan fingerprint density at radius 2 is 1.86 bits per heavy atom. The minimum absolute atomic E-state index is 0.0880. The fourth-order valence-electron chi connectivity index (χ4n) is 2.03. The van der Waals surface area contributed by atoms with Gasteiger partial charge in [0.2, 0.25) is 0 Å². The minimum Gasteiger partial charge on any atom is -0.268 e. The first-order valence-corrected chi connectivity index (χ1v) is 8.12. The van der Waals surface area contributed by atoms with Crippen LogP contribution in [0.25, 0.3) is 10.6 Å². The maximum absolute atomic E-state index is 12.0. The van der Waals surface area contributed by atoms with Crippen LogP contribution < -0.4 is 5.56 Å². The molecule has 21 heavy (non-hydrogen) atoms. The van der Waals surface area contributed by atoms with Crippen LogP contribution in [0.15, 0.2) is 57.8 Å². The summed E-state index contributed by atoms with van der Waals surface area (Å²) in [6, 6.07) is 15.4. The molecule has 0 radical (unpaired) electrons. The van der Waals surface area contributed by atoms with Crippen molar-refractivity contribution in [3.63, 3.8) is 0 Å². The lowest BCUT2D eigenvalue weighted by Crippen LogP contribution is -2.22. The van der Waals surface area contributed by atoms with Gasteiger partial charge in [-0.1, -0.05) is 28.1 Å². The SMILES string of the molecule is Cc1ccc(-c2ccc(=O)n(Cc3ccc(Br)cc3)n2)s1. The van der Waals surface area contributed by atoms with Crippen molar-refractivity contribution in [2.45, 2.75) is 13.5 Å². The third-order valence-electron chi connectivity index (χ3n) is 3.11. The van der Waals surface area contributed by atoms with Gasteiger partial charge in [0.1, 0.15) is 5.69 Å². The average Bonchev–Trinajstić information content (AvgIpc) is 2.90. The molecule has 2 heterocycles. The lowest BCUT2D eigenvalue weighted by molar-refractivity contribution is 0.643. The molecule has 0 unspecified atom stereocenters. The van der Waals surface area contributed by atoms with Gasteiger partial charge in [-0.25, -0.2) is 4.68 Å². The molecule has 0 aliphatic rings. The van der Waals surface area contributed by atoms with Crippen LogP contribution in [0.1, 0.15) is 10.4 Å². The minimum atomic E-state index is -0.0880. The summed E-state index contributed by atoms with van der Waals surface area (Å²) in [6.07, 6.45) is 0. The van der Waals surface area contributed by atoms with Crippen LogP contribution in [0.4, 0.5) is 0 Å². The predicted molar refractivity (Wildman–Crippen MR) is 89.8 cm³/mol. The van der Waals surface area contributed by atoms with Gasteiger partial charge in [-0.3, -0.25) is 4.79 Å². The molecule has 0 atom stereocenters. The number of hydrogen-bond donors (Lipinski definition) is 0. The van der Waals surface area contributed by atoms with E-state index >= 15 is 0 Å². The third-order valence-corrected chi connectivity index (χ3v) is 4.66. The molecule has 0 spiro atoms. The number of aryl methyl sites for hydroxylation is 1. The summed E-state index contributed by atoms with van der Waals surface area (Å²) < 4.78 is 2.53. The van der Waals surface area contributed by atoms with Gasteiger partial charge in [-0.15, -0.1) is 11.3 Å². The highest BCUT2D eigenvalue weighted by molar-refractivity contribution is 9.10. The number of thiophene rings is 1. The Kier molecular flexibility index (Phi) is 4.03. The number of rotatable bonds is 3. The van der Waals surface area contributed by atoms with Crippen LogP contribution in [-0.2, 0) is 6.54 Å². The highest BCUT2D eigenvalue weighted by atomic mass is 79.9. The van der Waals surface area contributed by atoms with E-state index in [1.54, 1.807) is 23.5 Å². The summed E-state index contributed by atoms with van der Waals surface area (Å²) >= 11 is 5.09. The normalized spacial score (nSPS) is 10.8. The van der Waals surface area contributed by atoms with Gasteiger partial charge in [0, 0.05) is 15.4 Å². The van der Waals surface area contributed by atoms with Gasteiger partial charge in [0.15, 0.2) is 0 Å². The molecule has 3 rings (SSSR count). The van der Waals surface area contributed by atoms with Crippen LogP contribution in [0.2, 0.25) is 0 Å². The largest absolute Gasteiger partial charge is 0.268 e. The molecule has 0 aliphatic carbocycles. The summed E-state index contributed by atoms with van der Waals surface area (Å²) in [5.74, 6) is 0. The van der Waals surface area contributed by atoms with E-state index in [0.29, 0.717) is 6.54 Å². The first-order valence-electron chi connectivity index (χ1n) is 6.51. The van der Waals surface area contributed by atoms with Crippen molar-refractivity contribution in [1.82, 2.24) is 9.78 Å². The first-order chi connectivity index (χ1) is 10.1. The van der Waals surface area contributed by atoms with E-state index in [1.807, 2.05) is 30.3 Å². The van der Waals surface area contributed by atoms with E-state index < -0.39 is 0 Å². The monoisotopic (exact) mass is 360 g/mol. The Morgan fingerprint density at radius 1 is 1.10 bits per heavy atom. The van der Waals surface area contributed by atoms with E-state index in [4.69, 9.17) is 0 Å². The van der Waals surface area contributed by atoms with Crippen LogP contribution in [-0.4, -0.2) is 9.78 Å². The molecule has 3 nitrogen and oxygen atoms in total. The zero-order valence-electron chi connectivity index (χ0n) is 11.4. The Morgan fingerprint density at radius 3 is 2.52 bits per heavy atom. The van der Waals surface area contributed by atoms with Gasteiger partial charge in [-0.2, -0.15) is 5.10 Å². The van der Waals surface area contributed by atoms with Crippen LogP contribution in [0.5, 0.6) is 0 Å². The number of hydrogen-bond acceptors (Lipinski definition) is 3. The molecule has 3 aromatic rings. The van der Waals surface area contributed by atoms with E-state index in [-0.39, 0.29) is 5.56 Å². The molecule has 0 amide bonds. The van der Waals surface area contributed by atoms with Gasteiger partial charge < -0.3 is 0 Å². The highest BCUT2D eigenvalue weighted by Crippen LogP contribution is 2.25. The Labute approximate surface area is 135 Å². The number of halogens is 1. The molecule has 5 heteroatoms. The molecular weight excluding hydrogens is 348 g/mol. The van der Waals surface area contributed by atoms with Crippen molar-refractivity contribution >= 4 is 27.3 Å². The highest BCUT2D eigenvalue weighted by Gasteiger charge is 2.06. The molecule has 0 bridgehead atoms. The molecular formula is C16H13BrN2OS. The summed E-state index contributed by atoms with van der Waals surface area (Å²) in [5, 5.41) is 4.48. The second-order valence-corrected chi connectivity index (χ2v) is 6.95. The average molecular weight is 361 g/mol. The summed E-state index contributed by atoms with van der Waals surface area (Å²) in [7, 11) is 0. The molecule has 0 saturated heterocycles. The van der Waals surface area contributed by atoms with Crippen molar-refractivity contribution in [1.29, 1.82) is 0 Å². The second kappa shape index (κ2) is 5.95. The molecule has 0 aliphatic heterocycles. The van der Waals surface area contributed by atoms with Crippen molar-refractivity contribution in [2.75, 3.05) is 0 Å². The Bertz CT molecular complexity index is 821. The molecule has 0 fully saturated rings. The standard InChI is InChI=1S/C16H13BrN2OS/c1-11-2-8-15(21-11)14-7-9-16(20)19(18-14)10-12-3-5-13(17)6-4-12/h2-9H,10H2,1H3. The van der Waals surface area contributed by atoms with Crippen molar-refractivity contribution in [3.05, 3.63) is 73.8 Å². The predicted octanol–water partition coefficient (Wildman–Crippen LogP) is 4.09. The van der Waals surface area contributed by atoms with E-state index in [0.717, 1.165) is 20.6 Å². The summed E-state index contributed by atoms with van der Waals surface area (Å²) in [6.45, 7) is 2.54. The van der Waals surface area contributed by atoms with Gasteiger partial charge >= 0.3 is 0 Å². The third kappa shape index (κ3) is 3.31. The topological polar surface area (TPSA) is 34.9 Å². The van der Waals surface area contributed by atoms with Crippen LogP contribution in [0.3, 0.4) is 0 Å². The maximum atomic E-state index is 12.0. The fraction of sp³-hybridized carbons (Fsp3) is 0.125. The molecule has 2 aromatic heterocycles. The maximum Gasteiger partial charge on any atom is 0.267 e. The Balaban J connectivity index is 1.94. The smallest absolute Gasteiger partial charge is 0.267 e. The summed E-state index contributed by atoms with van der Waals surface area (Å²) in [5.41, 5.74) is 1.80. The Hall–Kier alpha value is -1.72. The van der Waals surface area contributed by atoms with Crippen molar-refractivity contribution < 1.29 is 0 Å². The van der Waals surface area contributed by atoms with Gasteiger partial charge in [0.25, 0.3) is 5.56 Å². The zero-order chi connectivity index (χ0) is 14.8. The van der Waals surface area contributed by atoms with E-state index in [2.05, 4.69) is 34.0 Å². The molecule has 0 N–H and O–H groups in total. The van der Waals surface area contributed by atoms with Crippen LogP contribution in [0, 0.1) is 6.92 Å². The zero-order valence-corrected chi connectivity index (χ0v) is 13.8. The number of benzene rings is 1. The summed E-state index contributed by atoms with van der Waals surface area (Å²) in [4.78, 5) is 14.3. The molecule has 106 valence electrons. The van der Waals surface area contributed by atoms with Crippen LogP contribution >= 0.6 is 27.3 Å². The van der Waals surface area contributed by atoms with Crippen molar-refractivity contribution in [2.24, 2.45) is 0 Å². The second-order valence-electron chi connectivity index (χ2n) is 4.75. The van der Waals surface area contributed by atoms with Gasteiger partial charge in [-0.05, 0) is 42.8 Å². The molecule has 1 aromatic carbocycles. The number of nitrogens with zero attached hydrogens (tertiary/aromatic N) is 2. The van der Waals surface area contributed by atoms with Gasteiger partial charge in [0.05, 0.1) is 11.4 Å². The first kappa shape index (κ1) is 14.2. The molecule has 0 saturated carbocycles. The quantitative estimate of drug-likeness (QED) is 0.704.